The van der Waals surface area contributed by atoms with Crippen LogP contribution in [0.4, 0.5) is 5.13 Å². The number of anilines is 1. The molecule has 1 aliphatic heterocycles. The average molecular weight is 417 g/mol. The first kappa shape index (κ1) is 22.9. The largest absolute Gasteiger partial charge is 0.320 e. The van der Waals surface area contributed by atoms with Gasteiger partial charge in [-0.2, -0.15) is 0 Å². The van der Waals surface area contributed by atoms with Gasteiger partial charge in [-0.15, -0.1) is 36.2 Å². The number of benzene rings is 1. The molecule has 0 aliphatic carbocycles. The molecule has 0 radical (unpaired) electrons. The second kappa shape index (κ2) is 10.2. The van der Waals surface area contributed by atoms with Gasteiger partial charge in [0, 0.05) is 30.9 Å². The summed E-state index contributed by atoms with van der Waals surface area (Å²) in [7, 11) is 0. The number of carbonyl (C=O) groups is 1. The van der Waals surface area contributed by atoms with E-state index < -0.39 is 6.04 Å². The fourth-order valence-electron chi connectivity index (χ4n) is 2.77. The normalized spacial score (nSPS) is 14.8. The van der Waals surface area contributed by atoms with Gasteiger partial charge >= 0.3 is 0 Å². The number of aromatic nitrogens is 1. The minimum atomic E-state index is -0.500. The summed E-state index contributed by atoms with van der Waals surface area (Å²) in [6, 6.07) is 9.99. The number of rotatable bonds is 5. The van der Waals surface area contributed by atoms with Crippen molar-refractivity contribution in [2.45, 2.75) is 39.4 Å². The highest BCUT2D eigenvalue weighted by Gasteiger charge is 2.23. The molecule has 0 saturated carbocycles. The molecular formula is C18H26Cl2N4OS. The predicted octanol–water partition coefficient (Wildman–Crippen LogP) is 3.47. The van der Waals surface area contributed by atoms with E-state index in [0.717, 1.165) is 31.7 Å². The average Bonchev–Trinajstić information content (AvgIpc) is 2.96. The SMILES string of the molecule is CC(C)C(N)C(=O)Nc1nc2c(s1)CN(Cc1ccccc1)CC2.Cl.Cl. The summed E-state index contributed by atoms with van der Waals surface area (Å²) in [6.07, 6.45) is 0.921. The maximum atomic E-state index is 12.1. The second-order valence-corrected chi connectivity index (χ2v) is 7.68. The van der Waals surface area contributed by atoms with Crippen molar-refractivity contribution in [3.8, 4) is 0 Å². The second-order valence-electron chi connectivity index (χ2n) is 6.59. The molecule has 0 fully saturated rings. The molecule has 5 nitrogen and oxygen atoms in total. The molecule has 3 rings (SSSR count). The number of amides is 1. The molecule has 1 atom stereocenters. The lowest BCUT2D eigenvalue weighted by molar-refractivity contribution is -0.118. The van der Waals surface area contributed by atoms with Gasteiger partial charge in [-0.1, -0.05) is 44.2 Å². The Morgan fingerprint density at radius 1 is 1.31 bits per heavy atom. The molecule has 1 aliphatic rings. The van der Waals surface area contributed by atoms with E-state index in [1.54, 1.807) is 11.3 Å². The van der Waals surface area contributed by atoms with E-state index in [1.807, 2.05) is 19.9 Å². The standard InChI is InChI=1S/C18H24N4OS.2ClH/c1-12(2)16(19)17(23)21-18-20-14-8-9-22(11-15(14)24-18)10-13-6-4-3-5-7-13;;/h3-7,12,16H,8-11,19H2,1-2H3,(H,20,21,23);2*1H. The van der Waals surface area contributed by atoms with E-state index in [1.165, 1.54) is 10.4 Å². The topological polar surface area (TPSA) is 71.2 Å². The Morgan fingerprint density at radius 2 is 2.00 bits per heavy atom. The van der Waals surface area contributed by atoms with Crippen molar-refractivity contribution in [1.29, 1.82) is 0 Å². The molecule has 2 heterocycles. The van der Waals surface area contributed by atoms with Crippen LogP contribution in [0.1, 0.15) is 30.0 Å². The highest BCUT2D eigenvalue weighted by atomic mass is 35.5. The van der Waals surface area contributed by atoms with Crippen molar-refractivity contribution < 1.29 is 4.79 Å². The van der Waals surface area contributed by atoms with Crippen molar-refractivity contribution in [2.75, 3.05) is 11.9 Å². The van der Waals surface area contributed by atoms with Gasteiger partial charge in [0.1, 0.15) is 0 Å². The number of fused-ring (bicyclic) bond motifs is 1. The van der Waals surface area contributed by atoms with Crippen LogP contribution in [0.2, 0.25) is 0 Å². The third kappa shape index (κ3) is 5.66. The van der Waals surface area contributed by atoms with Crippen LogP contribution in [0.15, 0.2) is 30.3 Å². The molecule has 1 aromatic carbocycles. The first-order chi connectivity index (χ1) is 11.5. The Labute approximate surface area is 171 Å². The van der Waals surface area contributed by atoms with Crippen molar-refractivity contribution in [3.05, 3.63) is 46.5 Å². The Bertz CT molecular complexity index is 708. The fraction of sp³-hybridized carbons (Fsp3) is 0.444. The molecule has 1 aromatic heterocycles. The third-order valence-corrected chi connectivity index (χ3v) is 5.31. The number of thiazole rings is 1. The van der Waals surface area contributed by atoms with Crippen LogP contribution in [0.5, 0.6) is 0 Å². The third-order valence-electron chi connectivity index (χ3n) is 4.31. The molecule has 3 N–H and O–H groups in total. The lowest BCUT2D eigenvalue weighted by atomic mass is 10.1. The zero-order valence-corrected chi connectivity index (χ0v) is 17.4. The fourth-order valence-corrected chi connectivity index (χ4v) is 3.82. The first-order valence-electron chi connectivity index (χ1n) is 8.34. The van der Waals surface area contributed by atoms with Crippen LogP contribution in [-0.2, 0) is 24.3 Å². The molecular weight excluding hydrogens is 391 g/mol. The quantitative estimate of drug-likeness (QED) is 0.782. The van der Waals surface area contributed by atoms with E-state index in [2.05, 4.69) is 39.5 Å². The summed E-state index contributed by atoms with van der Waals surface area (Å²) in [4.78, 5) is 20.3. The first-order valence-corrected chi connectivity index (χ1v) is 9.16. The highest BCUT2D eigenvalue weighted by molar-refractivity contribution is 7.15. The Kier molecular flexibility index (Phi) is 9.00. The maximum absolute atomic E-state index is 12.1. The Morgan fingerprint density at radius 3 is 2.65 bits per heavy atom. The van der Waals surface area contributed by atoms with Crippen molar-refractivity contribution >= 4 is 47.2 Å². The van der Waals surface area contributed by atoms with E-state index in [-0.39, 0.29) is 36.6 Å². The molecule has 144 valence electrons. The number of hydrogen-bond acceptors (Lipinski definition) is 5. The summed E-state index contributed by atoms with van der Waals surface area (Å²) >= 11 is 1.57. The Hall–Kier alpha value is -1.18. The number of nitrogens with zero attached hydrogens (tertiary/aromatic N) is 2. The molecule has 26 heavy (non-hydrogen) atoms. The summed E-state index contributed by atoms with van der Waals surface area (Å²) in [5.74, 6) is -0.0433. The van der Waals surface area contributed by atoms with Crippen molar-refractivity contribution in [2.24, 2.45) is 11.7 Å². The number of hydrogen-bond donors (Lipinski definition) is 2. The zero-order valence-electron chi connectivity index (χ0n) is 15.0. The van der Waals surface area contributed by atoms with Gasteiger partial charge in [-0.3, -0.25) is 9.69 Å². The minimum Gasteiger partial charge on any atom is -0.320 e. The van der Waals surface area contributed by atoms with Crippen LogP contribution in [0.3, 0.4) is 0 Å². The van der Waals surface area contributed by atoms with Crippen molar-refractivity contribution in [1.82, 2.24) is 9.88 Å². The van der Waals surface area contributed by atoms with Gasteiger partial charge in [0.05, 0.1) is 11.7 Å². The summed E-state index contributed by atoms with van der Waals surface area (Å²) in [6.45, 7) is 6.70. The van der Waals surface area contributed by atoms with Crippen LogP contribution >= 0.6 is 36.2 Å². The predicted molar refractivity (Wildman–Crippen MR) is 112 cm³/mol. The maximum Gasteiger partial charge on any atom is 0.243 e. The zero-order chi connectivity index (χ0) is 17.1. The minimum absolute atomic E-state index is 0. The van der Waals surface area contributed by atoms with E-state index in [4.69, 9.17) is 5.73 Å². The van der Waals surface area contributed by atoms with Crippen LogP contribution in [0, 0.1) is 5.92 Å². The van der Waals surface area contributed by atoms with E-state index in [0.29, 0.717) is 5.13 Å². The number of nitrogens with one attached hydrogen (secondary N) is 1. The van der Waals surface area contributed by atoms with Gasteiger partial charge < -0.3 is 11.1 Å². The summed E-state index contributed by atoms with van der Waals surface area (Å²) in [5, 5.41) is 3.54. The lowest BCUT2D eigenvalue weighted by Gasteiger charge is -2.25. The van der Waals surface area contributed by atoms with E-state index in [9.17, 15) is 4.79 Å². The molecule has 0 spiro atoms. The van der Waals surface area contributed by atoms with Gasteiger partial charge in [-0.05, 0) is 11.5 Å². The van der Waals surface area contributed by atoms with Crippen LogP contribution in [0.25, 0.3) is 0 Å². The smallest absolute Gasteiger partial charge is 0.243 e. The van der Waals surface area contributed by atoms with E-state index >= 15 is 0 Å². The monoisotopic (exact) mass is 416 g/mol. The molecule has 0 bridgehead atoms. The summed E-state index contributed by atoms with van der Waals surface area (Å²) < 4.78 is 0. The lowest BCUT2D eigenvalue weighted by Crippen LogP contribution is -2.39. The van der Waals surface area contributed by atoms with Gasteiger partial charge in [-0.25, -0.2) is 4.98 Å². The molecule has 8 heteroatoms. The van der Waals surface area contributed by atoms with Gasteiger partial charge in [0.2, 0.25) is 5.91 Å². The van der Waals surface area contributed by atoms with Crippen LogP contribution in [-0.4, -0.2) is 28.4 Å². The number of carbonyl (C=O) groups excluding carboxylic acids is 1. The van der Waals surface area contributed by atoms with Crippen molar-refractivity contribution in [3.63, 3.8) is 0 Å². The summed E-state index contributed by atoms with van der Waals surface area (Å²) in [5.41, 5.74) is 8.32. The number of nitrogens with two attached hydrogens (primary N) is 1. The van der Waals surface area contributed by atoms with Gasteiger partial charge in [0.25, 0.3) is 0 Å². The molecule has 1 unspecified atom stereocenters. The number of halogens is 2. The molecule has 2 aromatic rings. The molecule has 1 amide bonds. The van der Waals surface area contributed by atoms with Gasteiger partial charge in [0.15, 0.2) is 5.13 Å². The molecule has 0 saturated heterocycles. The Balaban J connectivity index is 0.00000169. The van der Waals surface area contributed by atoms with Crippen LogP contribution < -0.4 is 11.1 Å². The highest BCUT2D eigenvalue weighted by Crippen LogP contribution is 2.29.